The molecule has 0 aliphatic carbocycles. The molecule has 3 nitrogen and oxygen atoms in total. The Morgan fingerprint density at radius 1 is 1.53 bits per heavy atom. The van der Waals surface area contributed by atoms with Gasteiger partial charge < -0.3 is 10.6 Å². The van der Waals surface area contributed by atoms with Gasteiger partial charge in [-0.3, -0.25) is 4.79 Å². The lowest BCUT2D eigenvalue weighted by atomic mass is 10.1. The molecule has 0 radical (unpaired) electrons. The van der Waals surface area contributed by atoms with E-state index in [1.54, 1.807) is 25.1 Å². The Bertz CT molecular complexity index is 392. The number of benzene rings is 1. The molecule has 0 bridgehead atoms. The number of aryl methyl sites for hydroxylation is 1. The number of hydrogen-bond acceptors (Lipinski definition) is 2. The summed E-state index contributed by atoms with van der Waals surface area (Å²) in [5, 5.41) is 5.61. The summed E-state index contributed by atoms with van der Waals surface area (Å²) in [6, 6.07) is 4.82. The Morgan fingerprint density at radius 3 is 3.00 bits per heavy atom. The summed E-state index contributed by atoms with van der Waals surface area (Å²) in [6.45, 7) is 2.36. The quantitative estimate of drug-likeness (QED) is 0.772. The molecular formula is C11H13FN2O. The zero-order chi connectivity index (χ0) is 10.8. The minimum absolute atomic E-state index is 0.0593. The third-order valence-corrected chi connectivity index (χ3v) is 2.57. The van der Waals surface area contributed by atoms with E-state index in [0.717, 1.165) is 0 Å². The number of carbonyl (C=O) groups excluding carboxylic acids is 1. The van der Waals surface area contributed by atoms with Crippen molar-refractivity contribution in [1.82, 2.24) is 5.32 Å². The summed E-state index contributed by atoms with van der Waals surface area (Å²) in [7, 11) is 0. The topological polar surface area (TPSA) is 41.1 Å². The van der Waals surface area contributed by atoms with Crippen molar-refractivity contribution in [2.45, 2.75) is 19.4 Å². The zero-order valence-electron chi connectivity index (χ0n) is 8.51. The second kappa shape index (κ2) is 3.88. The van der Waals surface area contributed by atoms with E-state index in [2.05, 4.69) is 10.6 Å². The number of hydrogen-bond donors (Lipinski definition) is 2. The Balaban J connectivity index is 2.17. The minimum atomic E-state index is -0.304. The van der Waals surface area contributed by atoms with Gasteiger partial charge in [-0.1, -0.05) is 12.1 Å². The highest BCUT2D eigenvalue weighted by molar-refractivity contribution is 5.86. The van der Waals surface area contributed by atoms with Crippen LogP contribution in [0.2, 0.25) is 0 Å². The van der Waals surface area contributed by atoms with E-state index in [9.17, 15) is 9.18 Å². The highest BCUT2D eigenvalue weighted by Gasteiger charge is 2.24. The highest BCUT2D eigenvalue weighted by atomic mass is 19.1. The summed E-state index contributed by atoms with van der Waals surface area (Å²) >= 11 is 0. The molecule has 4 heteroatoms. The van der Waals surface area contributed by atoms with Crippen LogP contribution in [0.5, 0.6) is 0 Å². The van der Waals surface area contributed by atoms with Gasteiger partial charge in [0, 0.05) is 6.54 Å². The van der Waals surface area contributed by atoms with Crippen LogP contribution in [-0.4, -0.2) is 18.5 Å². The molecule has 80 valence electrons. The van der Waals surface area contributed by atoms with E-state index >= 15 is 0 Å². The van der Waals surface area contributed by atoms with Crippen LogP contribution in [0.25, 0.3) is 0 Å². The van der Waals surface area contributed by atoms with E-state index < -0.39 is 0 Å². The van der Waals surface area contributed by atoms with Gasteiger partial charge in [0.05, 0.1) is 5.69 Å². The molecule has 1 saturated heterocycles. The maximum atomic E-state index is 13.6. The SMILES string of the molecule is Cc1cccc(N[C@H]2CCNC2=O)c1F. The summed E-state index contributed by atoms with van der Waals surface area (Å²) in [4.78, 5) is 11.3. The van der Waals surface area contributed by atoms with Gasteiger partial charge in [0.1, 0.15) is 11.9 Å². The Morgan fingerprint density at radius 2 is 2.33 bits per heavy atom. The van der Waals surface area contributed by atoms with E-state index in [1.165, 1.54) is 0 Å². The second-order valence-corrected chi connectivity index (χ2v) is 3.71. The standard InChI is InChI=1S/C11H13FN2O/c1-7-3-2-4-8(10(7)12)14-9-5-6-13-11(9)15/h2-4,9,14H,5-6H2,1H3,(H,13,15)/t9-/m0/s1. The zero-order valence-corrected chi connectivity index (χ0v) is 8.51. The average molecular weight is 208 g/mol. The molecule has 1 aromatic carbocycles. The molecular weight excluding hydrogens is 195 g/mol. The first-order valence-electron chi connectivity index (χ1n) is 4.98. The van der Waals surface area contributed by atoms with Crippen molar-refractivity contribution in [3.8, 4) is 0 Å². The predicted octanol–water partition coefficient (Wildman–Crippen LogP) is 1.43. The molecule has 1 aliphatic heterocycles. The number of amides is 1. The van der Waals surface area contributed by atoms with Gasteiger partial charge in [0.15, 0.2) is 0 Å². The summed E-state index contributed by atoms with van der Waals surface area (Å²) < 4.78 is 13.6. The van der Waals surface area contributed by atoms with Crippen LogP contribution in [0.4, 0.5) is 10.1 Å². The first-order chi connectivity index (χ1) is 7.18. The first kappa shape index (κ1) is 9.96. The van der Waals surface area contributed by atoms with Gasteiger partial charge in [0.25, 0.3) is 0 Å². The van der Waals surface area contributed by atoms with Gasteiger partial charge in [-0.2, -0.15) is 0 Å². The molecule has 1 fully saturated rings. The molecule has 1 aliphatic rings. The van der Waals surface area contributed by atoms with Crippen LogP contribution in [0.3, 0.4) is 0 Å². The lowest BCUT2D eigenvalue weighted by Crippen LogP contribution is -2.29. The summed E-state index contributed by atoms with van der Waals surface area (Å²) in [5.74, 6) is -0.340. The average Bonchev–Trinajstić information content (AvgIpc) is 2.60. The number of halogens is 1. The number of rotatable bonds is 2. The largest absolute Gasteiger partial charge is 0.371 e. The van der Waals surface area contributed by atoms with Crippen molar-refractivity contribution >= 4 is 11.6 Å². The normalized spacial score (nSPS) is 20.1. The Labute approximate surface area is 87.7 Å². The van der Waals surface area contributed by atoms with Crippen LogP contribution < -0.4 is 10.6 Å². The molecule has 0 saturated carbocycles. The number of carbonyl (C=O) groups is 1. The lowest BCUT2D eigenvalue weighted by Gasteiger charge is -2.12. The molecule has 2 rings (SSSR count). The molecule has 1 aromatic rings. The van der Waals surface area contributed by atoms with Gasteiger partial charge in [-0.25, -0.2) is 4.39 Å². The third-order valence-electron chi connectivity index (χ3n) is 2.57. The molecule has 1 amide bonds. The molecule has 0 spiro atoms. The summed E-state index contributed by atoms with van der Waals surface area (Å²) in [5.41, 5.74) is 0.982. The highest BCUT2D eigenvalue weighted by Crippen LogP contribution is 2.19. The maximum Gasteiger partial charge on any atom is 0.242 e. The molecule has 2 N–H and O–H groups in total. The number of anilines is 1. The van der Waals surface area contributed by atoms with E-state index in [4.69, 9.17) is 0 Å². The fourth-order valence-corrected chi connectivity index (χ4v) is 1.68. The van der Waals surface area contributed by atoms with Crippen LogP contribution in [0.15, 0.2) is 18.2 Å². The monoisotopic (exact) mass is 208 g/mol. The van der Waals surface area contributed by atoms with Crippen LogP contribution >= 0.6 is 0 Å². The van der Waals surface area contributed by atoms with Crippen LogP contribution in [0.1, 0.15) is 12.0 Å². The Hall–Kier alpha value is -1.58. The summed E-state index contributed by atoms with van der Waals surface area (Å²) in [6.07, 6.45) is 0.701. The maximum absolute atomic E-state index is 13.6. The van der Waals surface area contributed by atoms with E-state index in [0.29, 0.717) is 24.2 Å². The lowest BCUT2D eigenvalue weighted by molar-refractivity contribution is -0.119. The first-order valence-corrected chi connectivity index (χ1v) is 4.98. The van der Waals surface area contributed by atoms with Gasteiger partial charge >= 0.3 is 0 Å². The van der Waals surface area contributed by atoms with Crippen molar-refractivity contribution in [2.24, 2.45) is 0 Å². The van der Waals surface area contributed by atoms with Gasteiger partial charge in [-0.05, 0) is 25.0 Å². The van der Waals surface area contributed by atoms with Crippen molar-refractivity contribution < 1.29 is 9.18 Å². The van der Waals surface area contributed by atoms with Gasteiger partial charge in [-0.15, -0.1) is 0 Å². The van der Waals surface area contributed by atoms with E-state index in [1.807, 2.05) is 0 Å². The van der Waals surface area contributed by atoms with Crippen molar-refractivity contribution in [1.29, 1.82) is 0 Å². The van der Waals surface area contributed by atoms with Crippen LogP contribution in [-0.2, 0) is 4.79 Å². The fraction of sp³-hybridized carbons (Fsp3) is 0.364. The van der Waals surface area contributed by atoms with Crippen molar-refractivity contribution in [3.63, 3.8) is 0 Å². The van der Waals surface area contributed by atoms with Crippen LogP contribution in [0, 0.1) is 12.7 Å². The molecule has 0 unspecified atom stereocenters. The van der Waals surface area contributed by atoms with Crippen molar-refractivity contribution in [2.75, 3.05) is 11.9 Å². The smallest absolute Gasteiger partial charge is 0.242 e. The molecule has 1 heterocycles. The predicted molar refractivity (Wildman–Crippen MR) is 56.2 cm³/mol. The third kappa shape index (κ3) is 1.93. The van der Waals surface area contributed by atoms with Crippen molar-refractivity contribution in [3.05, 3.63) is 29.6 Å². The van der Waals surface area contributed by atoms with E-state index in [-0.39, 0.29) is 17.8 Å². The molecule has 0 aromatic heterocycles. The molecule has 1 atom stereocenters. The Kier molecular flexibility index (Phi) is 2.58. The second-order valence-electron chi connectivity index (χ2n) is 3.71. The minimum Gasteiger partial charge on any atom is -0.371 e. The fourth-order valence-electron chi connectivity index (χ4n) is 1.68. The van der Waals surface area contributed by atoms with Gasteiger partial charge in [0.2, 0.25) is 5.91 Å². The molecule has 15 heavy (non-hydrogen) atoms. The number of nitrogens with one attached hydrogen (secondary N) is 2.